The number of hydrogen-bond acceptors (Lipinski definition) is 4. The zero-order valence-electron chi connectivity index (χ0n) is 18.8. The Kier molecular flexibility index (Phi) is 6.48. The molecule has 2 aliphatic rings. The fourth-order valence-electron chi connectivity index (χ4n) is 4.91. The van der Waals surface area contributed by atoms with Crippen LogP contribution in [0, 0.1) is 17.7 Å². The lowest BCUT2D eigenvalue weighted by Crippen LogP contribution is -2.38. The van der Waals surface area contributed by atoms with Crippen LogP contribution in [0.2, 0.25) is 0 Å². The van der Waals surface area contributed by atoms with E-state index >= 15 is 0 Å². The minimum Gasteiger partial charge on any atom is -0.481 e. The summed E-state index contributed by atoms with van der Waals surface area (Å²) in [5, 5.41) is 14.0. The van der Waals surface area contributed by atoms with Crippen molar-refractivity contribution in [3.05, 3.63) is 46.9 Å². The maximum Gasteiger partial charge on any atom is 0.306 e. The number of fused-ring (bicyclic) bond motifs is 1. The number of amides is 1. The standard InChI is InChI=1S/C24H31FN4O3/c1-27(2)23-20-11-12-28(22(30)13-16-3-7-18(8-4-16)24(31)32)15-21(20)29(26-23)14-17-5-9-19(25)10-6-17/h5-6,9-10,16,18H,3-4,7-8,11-15H2,1-2H3,(H,31,32). The number of halogens is 1. The molecule has 32 heavy (non-hydrogen) atoms. The second kappa shape index (κ2) is 9.30. The first kappa shape index (κ1) is 22.3. The fourth-order valence-corrected chi connectivity index (χ4v) is 4.91. The molecule has 1 aliphatic heterocycles. The number of carboxylic acid groups (broad SMARTS) is 1. The van der Waals surface area contributed by atoms with Crippen molar-refractivity contribution in [3.63, 3.8) is 0 Å². The van der Waals surface area contributed by atoms with Gasteiger partial charge in [-0.1, -0.05) is 12.1 Å². The highest BCUT2D eigenvalue weighted by molar-refractivity contribution is 5.77. The van der Waals surface area contributed by atoms with E-state index in [1.807, 2.05) is 28.6 Å². The van der Waals surface area contributed by atoms with E-state index < -0.39 is 5.97 Å². The predicted molar refractivity (Wildman–Crippen MR) is 119 cm³/mol. The third kappa shape index (κ3) is 4.79. The van der Waals surface area contributed by atoms with Crippen LogP contribution in [0.15, 0.2) is 24.3 Å². The first-order valence-corrected chi connectivity index (χ1v) is 11.3. The van der Waals surface area contributed by atoms with E-state index in [0.29, 0.717) is 38.9 Å². The number of nitrogens with zero attached hydrogens (tertiary/aromatic N) is 4. The van der Waals surface area contributed by atoms with Gasteiger partial charge in [-0.25, -0.2) is 4.39 Å². The summed E-state index contributed by atoms with van der Waals surface area (Å²) in [7, 11) is 3.94. The predicted octanol–water partition coefficient (Wildman–Crippen LogP) is 3.30. The molecule has 1 aromatic carbocycles. The van der Waals surface area contributed by atoms with Crippen LogP contribution in [0.5, 0.6) is 0 Å². The highest BCUT2D eigenvalue weighted by atomic mass is 19.1. The van der Waals surface area contributed by atoms with Gasteiger partial charge >= 0.3 is 5.97 Å². The number of carbonyl (C=O) groups excluding carboxylic acids is 1. The topological polar surface area (TPSA) is 78.7 Å². The van der Waals surface area contributed by atoms with Crippen molar-refractivity contribution >= 4 is 17.7 Å². The van der Waals surface area contributed by atoms with Crippen LogP contribution < -0.4 is 4.90 Å². The van der Waals surface area contributed by atoms with Crippen molar-refractivity contribution in [3.8, 4) is 0 Å². The first-order valence-electron chi connectivity index (χ1n) is 11.3. The number of rotatable bonds is 6. The number of carbonyl (C=O) groups is 2. The van der Waals surface area contributed by atoms with Gasteiger partial charge in [0.1, 0.15) is 5.82 Å². The summed E-state index contributed by atoms with van der Waals surface area (Å²) in [6, 6.07) is 6.43. The van der Waals surface area contributed by atoms with Gasteiger partial charge in [-0.15, -0.1) is 0 Å². The largest absolute Gasteiger partial charge is 0.481 e. The number of hydrogen-bond donors (Lipinski definition) is 1. The molecule has 0 bridgehead atoms. The number of anilines is 1. The average Bonchev–Trinajstić information content (AvgIpc) is 3.13. The second-order valence-electron chi connectivity index (χ2n) is 9.25. The lowest BCUT2D eigenvalue weighted by atomic mass is 9.80. The molecule has 0 atom stereocenters. The van der Waals surface area contributed by atoms with Gasteiger partial charge in [0.2, 0.25) is 5.91 Å². The van der Waals surface area contributed by atoms with E-state index in [-0.39, 0.29) is 23.6 Å². The molecule has 2 heterocycles. The van der Waals surface area contributed by atoms with Crippen molar-refractivity contribution in [1.82, 2.24) is 14.7 Å². The molecule has 0 unspecified atom stereocenters. The molecule has 1 fully saturated rings. The van der Waals surface area contributed by atoms with E-state index in [0.717, 1.165) is 36.3 Å². The van der Waals surface area contributed by atoms with Gasteiger partial charge in [0.05, 0.1) is 24.7 Å². The Labute approximate surface area is 187 Å². The molecule has 1 aliphatic carbocycles. The van der Waals surface area contributed by atoms with Crippen LogP contribution in [0.4, 0.5) is 10.2 Å². The van der Waals surface area contributed by atoms with E-state index in [1.165, 1.54) is 17.7 Å². The summed E-state index contributed by atoms with van der Waals surface area (Å²) in [4.78, 5) is 28.1. The second-order valence-corrected chi connectivity index (χ2v) is 9.25. The molecule has 1 amide bonds. The van der Waals surface area contributed by atoms with Crippen LogP contribution in [0.3, 0.4) is 0 Å². The maximum absolute atomic E-state index is 13.3. The molecule has 1 saturated carbocycles. The quantitative estimate of drug-likeness (QED) is 0.743. The Bertz CT molecular complexity index is 978. The third-order valence-electron chi connectivity index (χ3n) is 6.80. The Morgan fingerprint density at radius 1 is 1.16 bits per heavy atom. The van der Waals surface area contributed by atoms with Crippen LogP contribution in [0.1, 0.15) is 48.9 Å². The summed E-state index contributed by atoms with van der Waals surface area (Å²) >= 11 is 0. The minimum atomic E-state index is -0.718. The molecule has 1 N–H and O–H groups in total. The van der Waals surface area contributed by atoms with Gasteiger partial charge in [-0.05, 0) is 55.7 Å². The van der Waals surface area contributed by atoms with Gasteiger partial charge in [0.15, 0.2) is 5.82 Å². The lowest BCUT2D eigenvalue weighted by molar-refractivity contribution is -0.143. The molecular formula is C24H31FN4O3. The molecule has 7 nitrogen and oxygen atoms in total. The highest BCUT2D eigenvalue weighted by Crippen LogP contribution is 2.33. The molecule has 1 aromatic heterocycles. The SMILES string of the molecule is CN(C)c1nn(Cc2ccc(F)cc2)c2c1CCN(C(=O)CC1CCC(C(=O)O)CC1)C2. The van der Waals surface area contributed by atoms with Crippen molar-refractivity contribution in [1.29, 1.82) is 0 Å². The van der Waals surface area contributed by atoms with Gasteiger partial charge in [0, 0.05) is 32.6 Å². The number of aromatic nitrogens is 2. The first-order chi connectivity index (χ1) is 15.3. The summed E-state index contributed by atoms with van der Waals surface area (Å²) < 4.78 is 15.2. The number of aliphatic carboxylic acids is 1. The van der Waals surface area contributed by atoms with Gasteiger partial charge < -0.3 is 14.9 Å². The molecular weight excluding hydrogens is 411 g/mol. The van der Waals surface area contributed by atoms with E-state index in [4.69, 9.17) is 5.10 Å². The molecule has 2 aromatic rings. The summed E-state index contributed by atoms with van der Waals surface area (Å²) in [6.45, 7) is 1.71. The van der Waals surface area contributed by atoms with Gasteiger partial charge in [-0.3, -0.25) is 14.3 Å². The van der Waals surface area contributed by atoms with E-state index in [1.54, 1.807) is 12.1 Å². The van der Waals surface area contributed by atoms with Crippen LogP contribution >= 0.6 is 0 Å². The van der Waals surface area contributed by atoms with Crippen LogP contribution in [0.25, 0.3) is 0 Å². The zero-order valence-corrected chi connectivity index (χ0v) is 18.8. The highest BCUT2D eigenvalue weighted by Gasteiger charge is 2.31. The van der Waals surface area contributed by atoms with Crippen molar-refractivity contribution in [2.75, 3.05) is 25.5 Å². The van der Waals surface area contributed by atoms with Crippen molar-refractivity contribution < 1.29 is 19.1 Å². The smallest absolute Gasteiger partial charge is 0.306 e. The molecule has 0 saturated heterocycles. The fraction of sp³-hybridized carbons (Fsp3) is 0.542. The molecule has 4 rings (SSSR count). The minimum absolute atomic E-state index is 0.135. The average molecular weight is 443 g/mol. The Morgan fingerprint density at radius 2 is 1.84 bits per heavy atom. The van der Waals surface area contributed by atoms with Crippen LogP contribution in [-0.2, 0) is 29.1 Å². The molecule has 8 heteroatoms. The normalized spacial score (nSPS) is 20.7. The zero-order chi connectivity index (χ0) is 22.8. The van der Waals surface area contributed by atoms with Crippen molar-refractivity contribution in [2.24, 2.45) is 11.8 Å². The molecule has 0 spiro atoms. The Balaban J connectivity index is 1.46. The Morgan fingerprint density at radius 3 is 2.47 bits per heavy atom. The molecule has 172 valence electrons. The van der Waals surface area contributed by atoms with Crippen LogP contribution in [-0.4, -0.2) is 52.3 Å². The monoisotopic (exact) mass is 442 g/mol. The molecule has 0 radical (unpaired) electrons. The maximum atomic E-state index is 13.3. The lowest BCUT2D eigenvalue weighted by Gasteiger charge is -2.31. The van der Waals surface area contributed by atoms with Gasteiger partial charge in [-0.2, -0.15) is 5.10 Å². The third-order valence-corrected chi connectivity index (χ3v) is 6.80. The summed E-state index contributed by atoms with van der Waals surface area (Å²) in [5.41, 5.74) is 3.16. The van der Waals surface area contributed by atoms with E-state index in [9.17, 15) is 19.1 Å². The number of benzene rings is 1. The number of carboxylic acids is 1. The Hall–Kier alpha value is -2.90. The van der Waals surface area contributed by atoms with Crippen molar-refractivity contribution in [2.45, 2.75) is 51.6 Å². The summed E-state index contributed by atoms with van der Waals surface area (Å²) in [5.74, 6) is 0.0746. The van der Waals surface area contributed by atoms with E-state index in [2.05, 4.69) is 0 Å². The van der Waals surface area contributed by atoms with Gasteiger partial charge in [0.25, 0.3) is 0 Å². The summed E-state index contributed by atoms with van der Waals surface area (Å²) in [6.07, 6.45) is 4.16.